The molecule has 1 aromatic heterocycles. The van der Waals surface area contributed by atoms with Crippen molar-refractivity contribution in [2.45, 2.75) is 64.8 Å². The summed E-state index contributed by atoms with van der Waals surface area (Å²) in [6.45, 7) is 5.04. The van der Waals surface area contributed by atoms with Gasteiger partial charge in [-0.15, -0.1) is 0 Å². The molecular formula is C33H44N6O2+2. The summed E-state index contributed by atoms with van der Waals surface area (Å²) in [4.78, 5) is 20.9. The highest BCUT2D eigenvalue weighted by Crippen LogP contribution is 2.26. The molecule has 1 atom stereocenters. The van der Waals surface area contributed by atoms with Gasteiger partial charge in [0.25, 0.3) is 0 Å². The van der Waals surface area contributed by atoms with Crippen molar-refractivity contribution in [2.75, 3.05) is 13.7 Å². The second-order valence-electron chi connectivity index (χ2n) is 10.7. The van der Waals surface area contributed by atoms with E-state index >= 15 is 0 Å². The van der Waals surface area contributed by atoms with Crippen LogP contribution in [0.25, 0.3) is 10.9 Å². The van der Waals surface area contributed by atoms with Crippen LogP contribution < -0.4 is 21.5 Å². The Morgan fingerprint density at radius 1 is 1.27 bits per heavy atom. The van der Waals surface area contributed by atoms with Crippen molar-refractivity contribution in [3.8, 4) is 5.75 Å². The molecule has 2 aromatic carbocycles. The fourth-order valence-corrected chi connectivity index (χ4v) is 5.39. The van der Waals surface area contributed by atoms with Gasteiger partial charge in [-0.2, -0.15) is 0 Å². The Balaban J connectivity index is 1.49. The number of hydrogen-bond donors (Lipinski definition) is 5. The third-order valence-electron chi connectivity index (χ3n) is 7.81. The molecule has 0 saturated heterocycles. The van der Waals surface area contributed by atoms with Crippen molar-refractivity contribution < 1.29 is 20.6 Å². The molecule has 4 rings (SSSR count). The first kappa shape index (κ1) is 30.0. The van der Waals surface area contributed by atoms with Gasteiger partial charge in [0.15, 0.2) is 5.78 Å². The minimum Gasteiger partial charge on any atom is -0.496 e. The number of amidine groups is 1. The van der Waals surface area contributed by atoms with Gasteiger partial charge in [0, 0.05) is 41.2 Å². The predicted octanol–water partition coefficient (Wildman–Crippen LogP) is 3.95. The van der Waals surface area contributed by atoms with Gasteiger partial charge in [-0.05, 0) is 62.3 Å². The molecular weight excluding hydrogens is 512 g/mol. The lowest BCUT2D eigenvalue weighted by molar-refractivity contribution is -0.585. The molecule has 8 nitrogen and oxygen atoms in total. The van der Waals surface area contributed by atoms with E-state index < -0.39 is 0 Å². The topological polar surface area (TPSA) is 149 Å². The molecule has 1 aliphatic heterocycles. The number of methoxy groups -OCH3 is 1. The zero-order valence-electron chi connectivity index (χ0n) is 24.6. The summed E-state index contributed by atoms with van der Waals surface area (Å²) in [5.74, 6) is 1.56. The van der Waals surface area contributed by atoms with Crippen molar-refractivity contribution in [3.05, 3.63) is 88.4 Å². The molecule has 1 unspecified atom stereocenters. The van der Waals surface area contributed by atoms with Gasteiger partial charge in [0.2, 0.25) is 5.84 Å². The van der Waals surface area contributed by atoms with Crippen LogP contribution in [0.1, 0.15) is 72.6 Å². The van der Waals surface area contributed by atoms with Crippen LogP contribution >= 0.6 is 0 Å². The number of Topliss-reactive ketones (excluding diaryl/α,β-unsaturated/α-hetero) is 1. The lowest BCUT2D eigenvalue weighted by Gasteiger charge is -2.19. The van der Waals surface area contributed by atoms with Crippen LogP contribution in [0, 0.1) is 12.3 Å². The van der Waals surface area contributed by atoms with Crippen molar-refractivity contribution in [2.24, 2.45) is 10.7 Å². The number of aliphatic imine (C=N–C) groups is 1. The number of ketones is 1. The van der Waals surface area contributed by atoms with Crippen LogP contribution in [0.5, 0.6) is 5.75 Å². The number of carbonyl (C=O) groups excluding carboxylic acids is 1. The maximum absolute atomic E-state index is 12.9. The standard InChI is InChI=1S/C33H42N6O2/c1-4-25(16-17-34)38-33-30(26(35)12-5-6-18-37-33)31(36)23-15-14-22(29(20-23)41-3)10-8-13-28(40)27-19-24-11-7-9-21(2)32(24)39-27/h6-7,9,11,14-15,18-20,25,36,39H,4-5,8,10,12-13,16-17,34-35H2,1-3H3,(H,37,38)/p+2/b18-6-,30-26+,36-31?. The molecule has 3 aromatic rings. The highest BCUT2D eigenvalue weighted by atomic mass is 16.5. The molecule has 0 saturated carbocycles. The number of para-hydroxylation sites is 1. The van der Waals surface area contributed by atoms with Crippen molar-refractivity contribution in [3.63, 3.8) is 0 Å². The Hall–Kier alpha value is -4.01. The highest BCUT2D eigenvalue weighted by molar-refractivity contribution is 6.26. The van der Waals surface area contributed by atoms with Crippen LogP contribution in [-0.4, -0.2) is 42.0 Å². The lowest BCUT2D eigenvalue weighted by atomic mass is 9.94. The second kappa shape index (κ2) is 14.1. The van der Waals surface area contributed by atoms with Gasteiger partial charge in [0.1, 0.15) is 11.3 Å². The first-order valence-corrected chi connectivity index (χ1v) is 14.6. The average molecular weight is 557 g/mol. The summed E-state index contributed by atoms with van der Waals surface area (Å²) in [6, 6.07) is 14.2. The molecule has 0 amide bonds. The number of H-pyrrole nitrogens is 1. The maximum Gasteiger partial charge on any atom is 0.235 e. The van der Waals surface area contributed by atoms with E-state index in [2.05, 4.69) is 23.0 Å². The summed E-state index contributed by atoms with van der Waals surface area (Å²) < 4.78 is 5.74. The molecule has 8 heteroatoms. The molecule has 0 spiro atoms. The fraction of sp³-hybridized carbons (Fsp3) is 0.364. The van der Waals surface area contributed by atoms with E-state index in [1.807, 2.05) is 61.7 Å². The first-order valence-electron chi connectivity index (χ1n) is 14.6. The number of ether oxygens (including phenoxy) is 1. The summed E-state index contributed by atoms with van der Waals surface area (Å²) in [7, 11) is 1.64. The predicted molar refractivity (Wildman–Crippen MR) is 166 cm³/mol. The van der Waals surface area contributed by atoms with Gasteiger partial charge in [-0.3, -0.25) is 15.5 Å². The van der Waals surface area contributed by atoms with Crippen molar-refractivity contribution in [1.82, 2.24) is 4.98 Å². The number of nitrogens with one attached hydrogen (secondary N) is 2. The van der Waals surface area contributed by atoms with E-state index in [1.54, 1.807) is 7.11 Å². The number of carbonyl (C=O) groups is 1. The summed E-state index contributed by atoms with van der Waals surface area (Å²) >= 11 is 0. The van der Waals surface area contributed by atoms with Crippen LogP contribution in [0.15, 0.2) is 71.0 Å². The zero-order valence-corrected chi connectivity index (χ0v) is 24.6. The molecule has 1 aliphatic rings. The number of aromatic nitrogens is 1. The molecule has 9 N–H and O–H groups in total. The minimum absolute atomic E-state index is 0.103. The number of nitrogens with two attached hydrogens (primary N) is 2. The van der Waals surface area contributed by atoms with E-state index in [1.165, 1.54) is 0 Å². The van der Waals surface area contributed by atoms with E-state index in [0.29, 0.717) is 60.2 Å². The van der Waals surface area contributed by atoms with E-state index in [0.717, 1.165) is 59.2 Å². The molecule has 0 radical (unpaired) electrons. The number of rotatable bonds is 12. The second-order valence-corrected chi connectivity index (χ2v) is 10.7. The Bertz CT molecular complexity index is 1500. The third kappa shape index (κ3) is 7.20. The van der Waals surface area contributed by atoms with E-state index in [-0.39, 0.29) is 5.78 Å². The summed E-state index contributed by atoms with van der Waals surface area (Å²) in [5.41, 5.74) is 16.8. The third-order valence-corrected chi connectivity index (χ3v) is 7.81. The Morgan fingerprint density at radius 2 is 2.10 bits per heavy atom. The van der Waals surface area contributed by atoms with Gasteiger partial charge in [-0.1, -0.05) is 43.3 Å². The molecule has 0 fully saturated rings. The van der Waals surface area contributed by atoms with Crippen molar-refractivity contribution >= 4 is 28.2 Å². The monoisotopic (exact) mass is 556 g/mol. The molecule has 0 aliphatic carbocycles. The van der Waals surface area contributed by atoms with Gasteiger partial charge in [-0.25, -0.2) is 4.99 Å². The van der Waals surface area contributed by atoms with Gasteiger partial charge >= 0.3 is 0 Å². The smallest absolute Gasteiger partial charge is 0.235 e. The number of benzene rings is 2. The lowest BCUT2D eigenvalue weighted by Crippen LogP contribution is -2.94. The van der Waals surface area contributed by atoms with Gasteiger partial charge < -0.3 is 21.2 Å². The number of hydrogen-bond acceptors (Lipinski definition) is 5. The molecule has 41 heavy (non-hydrogen) atoms. The van der Waals surface area contributed by atoms with Crippen LogP contribution in [0.4, 0.5) is 0 Å². The number of allylic oxidation sites excluding steroid dienone is 2. The summed E-state index contributed by atoms with van der Waals surface area (Å²) in [6.07, 6.45) is 9.07. The molecule has 0 bridgehead atoms. The Morgan fingerprint density at radius 3 is 2.83 bits per heavy atom. The van der Waals surface area contributed by atoms with Crippen LogP contribution in [0.3, 0.4) is 0 Å². The van der Waals surface area contributed by atoms with E-state index in [9.17, 15) is 10.2 Å². The number of aryl methyl sites for hydroxylation is 2. The maximum atomic E-state index is 12.9. The van der Waals surface area contributed by atoms with Crippen molar-refractivity contribution in [1.29, 1.82) is 5.41 Å². The number of quaternary nitrogens is 2. The first-order chi connectivity index (χ1) is 19.9. The molecule has 216 valence electrons. The van der Waals surface area contributed by atoms with E-state index in [4.69, 9.17) is 15.5 Å². The number of nitrogens with zero attached hydrogens (tertiary/aromatic N) is 1. The highest BCUT2D eigenvalue weighted by Gasteiger charge is 2.26. The van der Waals surface area contributed by atoms with Crippen LogP contribution in [-0.2, 0) is 6.42 Å². The minimum atomic E-state index is 0.103. The van der Waals surface area contributed by atoms with Gasteiger partial charge in [0.05, 0.1) is 31.1 Å². The zero-order chi connectivity index (χ0) is 29.4. The van der Waals surface area contributed by atoms with Crippen LogP contribution in [0.2, 0.25) is 0 Å². The fourth-order valence-electron chi connectivity index (χ4n) is 5.39. The Labute approximate surface area is 242 Å². The Kier molecular flexibility index (Phi) is 10.3. The largest absolute Gasteiger partial charge is 0.496 e. The number of fused-ring (bicyclic) bond motifs is 1. The summed E-state index contributed by atoms with van der Waals surface area (Å²) in [5, 5.41) is 12.4. The molecule has 2 heterocycles. The quantitative estimate of drug-likeness (QED) is 0.170. The SMILES string of the molecule is CCC(CC[NH3+])[NH2+]C1=N/C=C\CC/C(N)=C\1C(=N)c1ccc(CCCC(=O)c2cc3cccc(C)c3[nH]2)c(OC)c1. The average Bonchev–Trinajstić information content (AvgIpc) is 3.41. The normalized spacial score (nSPS) is 18.3. The number of aromatic amines is 1.